The standard InChI is InChI=1S/C18H30NO4P/c1-5-6-12-23-24(4,21)17(13-15(2)3)19-18(20)22-14-16-10-8-7-9-11-16/h7-11,15,17H,5-6,12-14H2,1-4H3,(H,19,20). The molecule has 0 heterocycles. The third-order valence-corrected chi connectivity index (χ3v) is 5.77. The summed E-state index contributed by atoms with van der Waals surface area (Å²) in [4.78, 5) is 12.1. The molecular formula is C18H30NO4P. The summed E-state index contributed by atoms with van der Waals surface area (Å²) in [7, 11) is -2.95. The third kappa shape index (κ3) is 7.98. The van der Waals surface area contributed by atoms with E-state index in [2.05, 4.69) is 12.2 Å². The van der Waals surface area contributed by atoms with Crippen molar-refractivity contribution in [2.24, 2.45) is 5.92 Å². The van der Waals surface area contributed by atoms with E-state index in [1.54, 1.807) is 6.66 Å². The van der Waals surface area contributed by atoms with Gasteiger partial charge in [0.2, 0.25) is 7.37 Å². The third-order valence-electron chi connectivity index (χ3n) is 3.60. The number of hydrogen-bond donors (Lipinski definition) is 1. The fourth-order valence-electron chi connectivity index (χ4n) is 2.20. The number of carbonyl (C=O) groups excluding carboxylic acids is 1. The van der Waals surface area contributed by atoms with Crippen molar-refractivity contribution in [3.05, 3.63) is 35.9 Å². The molecule has 0 spiro atoms. The van der Waals surface area contributed by atoms with Crippen molar-refractivity contribution in [3.8, 4) is 0 Å². The summed E-state index contributed by atoms with van der Waals surface area (Å²) in [6.45, 7) is 8.32. The lowest BCUT2D eigenvalue weighted by molar-refractivity contribution is 0.136. The fourth-order valence-corrected chi connectivity index (χ4v) is 4.01. The van der Waals surface area contributed by atoms with Crippen molar-refractivity contribution in [3.63, 3.8) is 0 Å². The molecular weight excluding hydrogens is 325 g/mol. The zero-order valence-corrected chi connectivity index (χ0v) is 16.1. The van der Waals surface area contributed by atoms with E-state index in [-0.39, 0.29) is 12.5 Å². The van der Waals surface area contributed by atoms with Gasteiger partial charge in [-0.15, -0.1) is 0 Å². The molecule has 136 valence electrons. The number of benzene rings is 1. The lowest BCUT2D eigenvalue weighted by Gasteiger charge is -2.26. The smallest absolute Gasteiger partial charge is 0.408 e. The van der Waals surface area contributed by atoms with Gasteiger partial charge in [0.1, 0.15) is 12.4 Å². The topological polar surface area (TPSA) is 64.6 Å². The van der Waals surface area contributed by atoms with Gasteiger partial charge >= 0.3 is 6.09 Å². The molecule has 0 aliphatic carbocycles. The highest BCUT2D eigenvalue weighted by atomic mass is 31.2. The van der Waals surface area contributed by atoms with E-state index in [9.17, 15) is 9.36 Å². The molecule has 1 aromatic rings. The van der Waals surface area contributed by atoms with Gasteiger partial charge in [-0.3, -0.25) is 4.57 Å². The number of hydrogen-bond acceptors (Lipinski definition) is 4. The largest absolute Gasteiger partial charge is 0.445 e. The van der Waals surface area contributed by atoms with E-state index in [1.807, 2.05) is 44.2 Å². The lowest BCUT2D eigenvalue weighted by Crippen LogP contribution is -2.36. The molecule has 24 heavy (non-hydrogen) atoms. The van der Waals surface area contributed by atoms with Crippen LogP contribution in [0.15, 0.2) is 30.3 Å². The lowest BCUT2D eigenvalue weighted by atomic mass is 10.1. The van der Waals surface area contributed by atoms with E-state index in [4.69, 9.17) is 9.26 Å². The molecule has 1 rings (SSSR count). The van der Waals surface area contributed by atoms with Crippen LogP contribution in [0.5, 0.6) is 0 Å². The highest BCUT2D eigenvalue weighted by Gasteiger charge is 2.31. The van der Waals surface area contributed by atoms with Crippen LogP contribution in [0.25, 0.3) is 0 Å². The molecule has 1 amide bonds. The number of nitrogens with one attached hydrogen (secondary N) is 1. The Balaban J connectivity index is 2.60. The van der Waals surface area contributed by atoms with Crippen LogP contribution in [0.4, 0.5) is 4.79 Å². The minimum atomic E-state index is -2.95. The minimum Gasteiger partial charge on any atom is -0.445 e. The molecule has 0 fully saturated rings. The van der Waals surface area contributed by atoms with Crippen LogP contribution in [0.3, 0.4) is 0 Å². The second-order valence-corrected chi connectivity index (χ2v) is 9.15. The maximum absolute atomic E-state index is 12.8. The Hall–Kier alpha value is -1.32. The first-order valence-corrected chi connectivity index (χ1v) is 10.7. The van der Waals surface area contributed by atoms with Gasteiger partial charge in [-0.25, -0.2) is 4.79 Å². The number of ether oxygens (including phenoxy) is 1. The first-order chi connectivity index (χ1) is 11.3. The Morgan fingerprint density at radius 1 is 1.25 bits per heavy atom. The summed E-state index contributed by atoms with van der Waals surface area (Å²) in [5.74, 6) is -0.245. The summed E-state index contributed by atoms with van der Waals surface area (Å²) in [6.07, 6.45) is 1.84. The second kappa shape index (κ2) is 10.5. The SMILES string of the molecule is CCCCOP(C)(=O)C(CC(C)C)NC(=O)OCc1ccccc1. The van der Waals surface area contributed by atoms with Crippen molar-refractivity contribution < 1.29 is 18.6 Å². The van der Waals surface area contributed by atoms with Gasteiger partial charge in [-0.1, -0.05) is 57.5 Å². The number of carbonyl (C=O) groups is 1. The molecule has 0 saturated carbocycles. The molecule has 5 nitrogen and oxygen atoms in total. The summed E-state index contributed by atoms with van der Waals surface area (Å²) < 4.78 is 23.7. The number of unbranched alkanes of at least 4 members (excludes halogenated alkanes) is 1. The molecule has 0 radical (unpaired) electrons. The van der Waals surface area contributed by atoms with Crippen molar-refractivity contribution in [1.29, 1.82) is 0 Å². The zero-order chi connectivity index (χ0) is 18.0. The molecule has 2 unspecified atom stereocenters. The Kier molecular flexibility index (Phi) is 9.09. The molecule has 0 aromatic heterocycles. The number of amides is 1. The van der Waals surface area contributed by atoms with Gasteiger partial charge in [-0.05, 0) is 24.3 Å². The maximum Gasteiger partial charge on any atom is 0.408 e. The van der Waals surface area contributed by atoms with E-state index < -0.39 is 19.2 Å². The molecule has 2 atom stereocenters. The summed E-state index contributed by atoms with van der Waals surface area (Å²) in [6, 6.07) is 9.46. The number of rotatable bonds is 10. The molecule has 0 aliphatic heterocycles. The monoisotopic (exact) mass is 355 g/mol. The Morgan fingerprint density at radius 3 is 2.50 bits per heavy atom. The molecule has 1 aromatic carbocycles. The van der Waals surface area contributed by atoms with Gasteiger partial charge in [0.25, 0.3) is 0 Å². The van der Waals surface area contributed by atoms with E-state index in [0.717, 1.165) is 18.4 Å². The number of alkyl carbamates (subject to hydrolysis) is 1. The fraction of sp³-hybridized carbons (Fsp3) is 0.611. The van der Waals surface area contributed by atoms with E-state index in [1.165, 1.54) is 0 Å². The zero-order valence-electron chi connectivity index (χ0n) is 15.2. The van der Waals surface area contributed by atoms with Gasteiger partial charge in [0.15, 0.2) is 0 Å². The van der Waals surface area contributed by atoms with Gasteiger partial charge in [0.05, 0.1) is 6.61 Å². The predicted octanol–water partition coefficient (Wildman–Crippen LogP) is 5.01. The van der Waals surface area contributed by atoms with Crippen LogP contribution in [0.1, 0.15) is 45.6 Å². The first kappa shape index (κ1) is 20.7. The summed E-state index contributed by atoms with van der Waals surface area (Å²) in [5.41, 5.74) is 0.909. The molecule has 1 N–H and O–H groups in total. The normalized spacial score (nSPS) is 14.9. The van der Waals surface area contributed by atoms with Crippen molar-refractivity contribution >= 4 is 13.5 Å². The summed E-state index contributed by atoms with van der Waals surface area (Å²) >= 11 is 0. The Bertz CT molecular complexity index is 533. The Labute approximate surface area is 145 Å². The maximum atomic E-state index is 12.8. The Morgan fingerprint density at radius 2 is 1.92 bits per heavy atom. The average Bonchev–Trinajstić information content (AvgIpc) is 2.53. The van der Waals surface area contributed by atoms with E-state index >= 15 is 0 Å². The second-order valence-electron chi connectivity index (χ2n) is 6.45. The molecule has 0 bridgehead atoms. The van der Waals surface area contributed by atoms with Gasteiger partial charge < -0.3 is 14.6 Å². The van der Waals surface area contributed by atoms with E-state index in [0.29, 0.717) is 13.0 Å². The van der Waals surface area contributed by atoms with Gasteiger partial charge in [0, 0.05) is 6.66 Å². The minimum absolute atomic E-state index is 0.186. The van der Waals surface area contributed by atoms with Crippen LogP contribution in [0.2, 0.25) is 0 Å². The van der Waals surface area contributed by atoms with Crippen LogP contribution in [-0.4, -0.2) is 25.1 Å². The molecule has 0 aliphatic rings. The highest BCUT2D eigenvalue weighted by Crippen LogP contribution is 2.49. The highest BCUT2D eigenvalue weighted by molar-refractivity contribution is 7.58. The quantitative estimate of drug-likeness (QED) is 0.473. The van der Waals surface area contributed by atoms with Gasteiger partial charge in [-0.2, -0.15) is 0 Å². The molecule has 6 heteroatoms. The van der Waals surface area contributed by atoms with Crippen molar-refractivity contribution in [2.45, 2.75) is 52.4 Å². The van der Waals surface area contributed by atoms with Crippen LogP contribution < -0.4 is 5.32 Å². The van der Waals surface area contributed by atoms with Crippen molar-refractivity contribution in [2.75, 3.05) is 13.3 Å². The van der Waals surface area contributed by atoms with Crippen molar-refractivity contribution in [1.82, 2.24) is 5.32 Å². The van der Waals surface area contributed by atoms with Crippen LogP contribution >= 0.6 is 7.37 Å². The summed E-state index contributed by atoms with van der Waals surface area (Å²) in [5, 5.41) is 2.74. The van der Waals surface area contributed by atoms with Crippen LogP contribution in [-0.2, 0) is 20.4 Å². The van der Waals surface area contributed by atoms with Crippen LogP contribution in [0, 0.1) is 5.92 Å². The predicted molar refractivity (Wildman–Crippen MR) is 97.4 cm³/mol. The average molecular weight is 355 g/mol. The first-order valence-electron chi connectivity index (χ1n) is 8.54. The molecule has 0 saturated heterocycles.